The van der Waals surface area contributed by atoms with E-state index in [0.29, 0.717) is 11.1 Å². The fourth-order valence-corrected chi connectivity index (χ4v) is 2.22. The number of aromatic hydroxyl groups is 2. The highest BCUT2D eigenvalue weighted by atomic mass is 16.3. The molecule has 0 unspecified atom stereocenters. The lowest BCUT2D eigenvalue weighted by atomic mass is 9.83. The molecule has 88 valence electrons. The molecule has 4 nitrogen and oxygen atoms in total. The molecule has 2 aromatic rings. The molecule has 0 spiro atoms. The zero-order chi connectivity index (χ0) is 12.9. The summed E-state index contributed by atoms with van der Waals surface area (Å²) >= 11 is 0. The Morgan fingerprint density at radius 3 is 2.11 bits per heavy atom. The fraction of sp³-hybridized carbons (Fsp3) is 0. The quantitative estimate of drug-likeness (QED) is 0.692. The maximum absolute atomic E-state index is 11.9. The van der Waals surface area contributed by atoms with Gasteiger partial charge in [-0.2, -0.15) is 0 Å². The minimum atomic E-state index is -0.713. The van der Waals surface area contributed by atoms with Gasteiger partial charge in [-0.3, -0.25) is 9.59 Å². The SMILES string of the molecule is O=C1C(=O)c2cc(O)cc(O)c2-c2ccccc21. The highest BCUT2D eigenvalue weighted by Gasteiger charge is 2.32. The van der Waals surface area contributed by atoms with Crippen LogP contribution in [0.2, 0.25) is 0 Å². The molecule has 0 saturated carbocycles. The summed E-state index contributed by atoms with van der Waals surface area (Å²) in [6, 6.07) is 8.94. The lowest BCUT2D eigenvalue weighted by Crippen LogP contribution is -2.21. The van der Waals surface area contributed by atoms with Crippen molar-refractivity contribution in [2.24, 2.45) is 0 Å². The van der Waals surface area contributed by atoms with E-state index in [0.717, 1.165) is 6.07 Å². The number of phenolic OH excluding ortho intramolecular Hbond substituents is 2. The zero-order valence-electron chi connectivity index (χ0n) is 9.18. The number of hydrogen-bond donors (Lipinski definition) is 2. The second kappa shape index (κ2) is 3.43. The first kappa shape index (κ1) is 10.5. The summed E-state index contributed by atoms with van der Waals surface area (Å²) in [4.78, 5) is 23.8. The van der Waals surface area contributed by atoms with E-state index < -0.39 is 11.6 Å². The summed E-state index contributed by atoms with van der Waals surface area (Å²) in [6.07, 6.45) is 0. The molecule has 1 aliphatic carbocycles. The fourth-order valence-electron chi connectivity index (χ4n) is 2.22. The summed E-state index contributed by atoms with van der Waals surface area (Å²) in [7, 11) is 0. The molecule has 1 aliphatic rings. The first-order valence-electron chi connectivity index (χ1n) is 5.34. The van der Waals surface area contributed by atoms with Gasteiger partial charge in [0.25, 0.3) is 0 Å². The van der Waals surface area contributed by atoms with Crippen molar-refractivity contribution in [2.75, 3.05) is 0 Å². The number of carbonyl (C=O) groups is 2. The third kappa shape index (κ3) is 1.26. The molecule has 0 fully saturated rings. The molecule has 2 aromatic carbocycles. The summed E-state index contributed by atoms with van der Waals surface area (Å²) in [6.45, 7) is 0. The van der Waals surface area contributed by atoms with Crippen LogP contribution in [0.25, 0.3) is 11.1 Å². The minimum Gasteiger partial charge on any atom is -0.508 e. The van der Waals surface area contributed by atoms with E-state index in [9.17, 15) is 19.8 Å². The number of Topliss-reactive ketones (excluding diaryl/α,β-unsaturated/α-hetero) is 2. The third-order valence-corrected chi connectivity index (χ3v) is 2.99. The van der Waals surface area contributed by atoms with Crippen molar-refractivity contribution >= 4 is 11.6 Å². The molecule has 0 atom stereocenters. The molecule has 0 saturated heterocycles. The largest absolute Gasteiger partial charge is 0.508 e. The highest BCUT2D eigenvalue weighted by molar-refractivity contribution is 6.53. The Morgan fingerprint density at radius 1 is 0.778 bits per heavy atom. The zero-order valence-corrected chi connectivity index (χ0v) is 9.18. The minimum absolute atomic E-state index is 0.0381. The van der Waals surface area contributed by atoms with Gasteiger partial charge in [-0.05, 0) is 11.6 Å². The van der Waals surface area contributed by atoms with Gasteiger partial charge in [0, 0.05) is 22.8 Å². The van der Waals surface area contributed by atoms with Crippen molar-refractivity contribution in [3.63, 3.8) is 0 Å². The first-order valence-corrected chi connectivity index (χ1v) is 5.34. The van der Waals surface area contributed by atoms with Crippen LogP contribution in [0.5, 0.6) is 11.5 Å². The molecule has 4 heteroatoms. The summed E-state index contributed by atoms with van der Waals surface area (Å²) < 4.78 is 0. The van der Waals surface area contributed by atoms with Crippen LogP contribution in [-0.2, 0) is 0 Å². The van der Waals surface area contributed by atoms with Gasteiger partial charge in [-0.25, -0.2) is 0 Å². The maximum atomic E-state index is 11.9. The number of phenols is 2. The Balaban J connectivity index is 2.45. The monoisotopic (exact) mass is 240 g/mol. The molecule has 18 heavy (non-hydrogen) atoms. The van der Waals surface area contributed by atoms with Crippen molar-refractivity contribution < 1.29 is 19.8 Å². The molecule has 0 aliphatic heterocycles. The molecule has 3 rings (SSSR count). The van der Waals surface area contributed by atoms with Crippen LogP contribution in [0.15, 0.2) is 36.4 Å². The normalized spacial score (nSPS) is 13.1. The van der Waals surface area contributed by atoms with Gasteiger partial charge >= 0.3 is 0 Å². The van der Waals surface area contributed by atoms with Crippen LogP contribution in [0, 0.1) is 0 Å². The van der Waals surface area contributed by atoms with Crippen LogP contribution in [0.3, 0.4) is 0 Å². The Hall–Kier alpha value is -2.62. The number of hydrogen-bond acceptors (Lipinski definition) is 4. The van der Waals surface area contributed by atoms with E-state index in [1.807, 2.05) is 0 Å². The van der Waals surface area contributed by atoms with Crippen LogP contribution >= 0.6 is 0 Å². The number of benzene rings is 2. The highest BCUT2D eigenvalue weighted by Crippen LogP contribution is 2.41. The first-order chi connectivity index (χ1) is 8.59. The van der Waals surface area contributed by atoms with Crippen LogP contribution < -0.4 is 0 Å². The van der Waals surface area contributed by atoms with E-state index in [-0.39, 0.29) is 22.6 Å². The molecule has 0 amide bonds. The van der Waals surface area contributed by atoms with Crippen LogP contribution in [0.1, 0.15) is 20.7 Å². The Labute approximate surface area is 102 Å². The van der Waals surface area contributed by atoms with E-state index in [1.165, 1.54) is 6.07 Å². The van der Waals surface area contributed by atoms with Crippen LogP contribution in [-0.4, -0.2) is 21.8 Å². The molecule has 0 heterocycles. The summed E-state index contributed by atoms with van der Waals surface area (Å²) in [5, 5.41) is 19.3. The molecule has 0 radical (unpaired) electrons. The van der Waals surface area contributed by atoms with Gasteiger partial charge < -0.3 is 10.2 Å². The Bertz CT molecular complexity index is 701. The van der Waals surface area contributed by atoms with Gasteiger partial charge in [0.1, 0.15) is 11.5 Å². The van der Waals surface area contributed by atoms with Gasteiger partial charge in [0.2, 0.25) is 11.6 Å². The van der Waals surface area contributed by atoms with Crippen molar-refractivity contribution in [1.82, 2.24) is 0 Å². The Kier molecular flexibility index (Phi) is 2.01. The standard InChI is InChI=1S/C14H8O4/c15-7-5-10-12(11(16)6-7)8-3-1-2-4-9(8)13(17)14(10)18/h1-6,15-16H. The topological polar surface area (TPSA) is 74.6 Å². The summed E-state index contributed by atoms with van der Waals surface area (Å²) in [5.74, 6) is -1.79. The van der Waals surface area contributed by atoms with E-state index in [2.05, 4.69) is 0 Å². The lowest BCUT2D eigenvalue weighted by molar-refractivity contribution is 0.0815. The van der Waals surface area contributed by atoms with Gasteiger partial charge in [-0.15, -0.1) is 0 Å². The van der Waals surface area contributed by atoms with Crippen LogP contribution in [0.4, 0.5) is 0 Å². The van der Waals surface area contributed by atoms with E-state index >= 15 is 0 Å². The Morgan fingerprint density at radius 2 is 1.39 bits per heavy atom. The second-order valence-electron chi connectivity index (χ2n) is 4.09. The molecule has 0 aromatic heterocycles. The average molecular weight is 240 g/mol. The third-order valence-electron chi connectivity index (χ3n) is 2.99. The van der Waals surface area contributed by atoms with Crippen molar-refractivity contribution in [2.45, 2.75) is 0 Å². The number of rotatable bonds is 0. The number of fused-ring (bicyclic) bond motifs is 3. The van der Waals surface area contributed by atoms with Gasteiger partial charge in [-0.1, -0.05) is 24.3 Å². The van der Waals surface area contributed by atoms with E-state index in [1.54, 1.807) is 24.3 Å². The number of carbonyl (C=O) groups excluding carboxylic acids is 2. The maximum Gasteiger partial charge on any atom is 0.234 e. The number of ketones is 2. The predicted molar refractivity (Wildman–Crippen MR) is 63.9 cm³/mol. The van der Waals surface area contributed by atoms with Gasteiger partial charge in [0.05, 0.1) is 0 Å². The molecule has 0 bridgehead atoms. The molecular formula is C14H8O4. The van der Waals surface area contributed by atoms with Crippen molar-refractivity contribution in [1.29, 1.82) is 0 Å². The van der Waals surface area contributed by atoms with Crippen molar-refractivity contribution in [3.8, 4) is 22.6 Å². The average Bonchev–Trinajstić information content (AvgIpc) is 2.35. The van der Waals surface area contributed by atoms with Gasteiger partial charge in [0.15, 0.2) is 0 Å². The second-order valence-corrected chi connectivity index (χ2v) is 4.09. The van der Waals surface area contributed by atoms with Crippen molar-refractivity contribution in [3.05, 3.63) is 47.5 Å². The summed E-state index contributed by atoms with van der Waals surface area (Å²) in [5.41, 5.74) is 1.12. The molecule has 2 N–H and O–H groups in total. The van der Waals surface area contributed by atoms with E-state index in [4.69, 9.17) is 0 Å². The lowest BCUT2D eigenvalue weighted by Gasteiger charge is -2.18. The molecular weight excluding hydrogens is 232 g/mol. The smallest absolute Gasteiger partial charge is 0.234 e. The predicted octanol–water partition coefficient (Wildman–Crippen LogP) is 2.14.